The van der Waals surface area contributed by atoms with E-state index in [2.05, 4.69) is 4.72 Å². The lowest BCUT2D eigenvalue weighted by Gasteiger charge is -2.15. The third kappa shape index (κ3) is 5.09. The molecule has 1 aromatic carbocycles. The molecule has 0 heterocycles. The van der Waals surface area contributed by atoms with Crippen LogP contribution in [0.15, 0.2) is 12.1 Å². The number of methoxy groups -OCH3 is 3. The van der Waals surface area contributed by atoms with Crippen LogP contribution in [-0.4, -0.2) is 42.0 Å². The summed E-state index contributed by atoms with van der Waals surface area (Å²) in [6, 6.07) is 3.54. The molecule has 0 aliphatic rings. The molecular formula is C14H23NO5S. The fraction of sp³-hybridized carbons (Fsp3) is 0.571. The molecule has 21 heavy (non-hydrogen) atoms. The molecule has 120 valence electrons. The molecule has 0 fully saturated rings. The summed E-state index contributed by atoms with van der Waals surface area (Å²) in [6.45, 7) is 2.13. The van der Waals surface area contributed by atoms with Gasteiger partial charge in [-0.15, -0.1) is 0 Å². The molecule has 0 bridgehead atoms. The Morgan fingerprint density at radius 3 is 2.33 bits per heavy atom. The van der Waals surface area contributed by atoms with Crippen molar-refractivity contribution in [3.05, 3.63) is 17.7 Å². The quantitative estimate of drug-likeness (QED) is 0.748. The van der Waals surface area contributed by atoms with Gasteiger partial charge in [-0.3, -0.25) is 0 Å². The Morgan fingerprint density at radius 1 is 1.10 bits per heavy atom. The van der Waals surface area contributed by atoms with Crippen LogP contribution in [-0.2, 0) is 16.4 Å². The van der Waals surface area contributed by atoms with Crippen LogP contribution in [0.4, 0.5) is 0 Å². The summed E-state index contributed by atoms with van der Waals surface area (Å²) < 4.78 is 41.6. The van der Waals surface area contributed by atoms with Gasteiger partial charge in [0.05, 0.1) is 27.1 Å². The first-order valence-corrected chi connectivity index (χ1v) is 8.38. The third-order valence-electron chi connectivity index (χ3n) is 2.95. The molecule has 0 aromatic heterocycles. The predicted octanol–water partition coefficient (Wildman–Crippen LogP) is 1.58. The number of benzene rings is 1. The van der Waals surface area contributed by atoms with Gasteiger partial charge >= 0.3 is 0 Å². The lowest BCUT2D eigenvalue weighted by Crippen LogP contribution is -2.28. The summed E-state index contributed by atoms with van der Waals surface area (Å²) in [4.78, 5) is 0. The second kappa shape index (κ2) is 8.09. The molecular weight excluding hydrogens is 294 g/mol. The summed E-state index contributed by atoms with van der Waals surface area (Å²) in [5, 5.41) is 0. The van der Waals surface area contributed by atoms with Crippen LogP contribution in [0.5, 0.6) is 17.2 Å². The molecule has 1 rings (SSSR count). The molecule has 0 saturated heterocycles. The van der Waals surface area contributed by atoms with Crippen molar-refractivity contribution in [2.24, 2.45) is 0 Å². The Balaban J connectivity index is 2.87. The average molecular weight is 317 g/mol. The van der Waals surface area contributed by atoms with Crippen LogP contribution in [0, 0.1) is 0 Å². The van der Waals surface area contributed by atoms with Crippen molar-refractivity contribution in [1.29, 1.82) is 0 Å². The number of sulfonamides is 1. The normalized spacial score (nSPS) is 11.2. The topological polar surface area (TPSA) is 73.9 Å². The fourth-order valence-corrected chi connectivity index (χ4v) is 3.10. The van der Waals surface area contributed by atoms with Gasteiger partial charge in [0, 0.05) is 18.2 Å². The molecule has 0 radical (unpaired) electrons. The highest BCUT2D eigenvalue weighted by atomic mass is 32.2. The maximum atomic E-state index is 11.6. The van der Waals surface area contributed by atoms with Crippen LogP contribution in [0.1, 0.15) is 18.9 Å². The summed E-state index contributed by atoms with van der Waals surface area (Å²) in [5.74, 6) is 1.92. The van der Waals surface area contributed by atoms with Crippen molar-refractivity contribution < 1.29 is 22.6 Å². The minimum atomic E-state index is -3.21. The Bertz CT molecular complexity index is 557. The van der Waals surface area contributed by atoms with Gasteiger partial charge in [0.15, 0.2) is 11.5 Å². The second-order valence-corrected chi connectivity index (χ2v) is 6.41. The van der Waals surface area contributed by atoms with E-state index >= 15 is 0 Å². The zero-order chi connectivity index (χ0) is 15.9. The Labute approximate surface area is 126 Å². The minimum absolute atomic E-state index is 0.131. The first-order chi connectivity index (χ1) is 9.97. The smallest absolute Gasteiger partial charge is 0.211 e. The SMILES string of the molecule is CCCS(=O)(=O)NCCc1cc(OC)cc(OC)c1OC. The lowest BCUT2D eigenvalue weighted by molar-refractivity contribution is 0.345. The Morgan fingerprint density at radius 2 is 1.81 bits per heavy atom. The van der Waals surface area contributed by atoms with E-state index in [1.807, 2.05) is 13.0 Å². The van der Waals surface area contributed by atoms with Crippen molar-refractivity contribution in [1.82, 2.24) is 4.72 Å². The van der Waals surface area contributed by atoms with Gasteiger partial charge in [-0.2, -0.15) is 0 Å². The number of hydrogen-bond donors (Lipinski definition) is 1. The molecule has 6 nitrogen and oxygen atoms in total. The molecule has 0 aliphatic heterocycles. The van der Waals surface area contributed by atoms with Gasteiger partial charge in [-0.1, -0.05) is 6.92 Å². The third-order valence-corrected chi connectivity index (χ3v) is 4.54. The summed E-state index contributed by atoms with van der Waals surface area (Å²) in [7, 11) is 1.46. The van der Waals surface area contributed by atoms with Gasteiger partial charge in [-0.25, -0.2) is 13.1 Å². The highest BCUT2D eigenvalue weighted by molar-refractivity contribution is 7.89. The molecule has 1 N–H and O–H groups in total. The number of hydrogen-bond acceptors (Lipinski definition) is 5. The second-order valence-electron chi connectivity index (χ2n) is 4.49. The fourth-order valence-electron chi connectivity index (χ4n) is 2.00. The van der Waals surface area contributed by atoms with Crippen LogP contribution in [0.3, 0.4) is 0 Å². The van der Waals surface area contributed by atoms with Crippen LogP contribution in [0.25, 0.3) is 0 Å². The molecule has 0 unspecified atom stereocenters. The van der Waals surface area contributed by atoms with Gasteiger partial charge in [0.2, 0.25) is 10.0 Å². The summed E-state index contributed by atoms with van der Waals surface area (Å²) >= 11 is 0. The average Bonchev–Trinajstić information content (AvgIpc) is 2.45. The molecule has 7 heteroatoms. The molecule has 1 aromatic rings. The molecule has 0 spiro atoms. The largest absolute Gasteiger partial charge is 0.497 e. The van der Waals surface area contributed by atoms with Gasteiger partial charge in [0.1, 0.15) is 5.75 Å². The van der Waals surface area contributed by atoms with Crippen LogP contribution in [0.2, 0.25) is 0 Å². The van der Waals surface area contributed by atoms with Crippen molar-refractivity contribution in [2.45, 2.75) is 19.8 Å². The first kappa shape index (κ1) is 17.6. The van der Waals surface area contributed by atoms with Crippen LogP contribution < -0.4 is 18.9 Å². The zero-order valence-electron chi connectivity index (χ0n) is 12.9. The van der Waals surface area contributed by atoms with Crippen LogP contribution >= 0.6 is 0 Å². The first-order valence-electron chi connectivity index (χ1n) is 6.73. The Kier molecular flexibility index (Phi) is 6.77. The monoisotopic (exact) mass is 317 g/mol. The van der Waals surface area contributed by atoms with Crippen molar-refractivity contribution in [3.8, 4) is 17.2 Å². The lowest BCUT2D eigenvalue weighted by atomic mass is 10.1. The van der Waals surface area contributed by atoms with E-state index in [1.54, 1.807) is 27.4 Å². The number of nitrogens with one attached hydrogen (secondary N) is 1. The van der Waals surface area contributed by atoms with E-state index in [0.717, 1.165) is 5.56 Å². The zero-order valence-corrected chi connectivity index (χ0v) is 13.7. The van der Waals surface area contributed by atoms with E-state index in [9.17, 15) is 8.42 Å². The minimum Gasteiger partial charge on any atom is -0.497 e. The number of ether oxygens (including phenoxy) is 3. The van der Waals surface area contributed by atoms with E-state index in [-0.39, 0.29) is 5.75 Å². The van der Waals surface area contributed by atoms with E-state index < -0.39 is 10.0 Å². The molecule has 0 amide bonds. The maximum absolute atomic E-state index is 11.6. The van der Waals surface area contributed by atoms with E-state index in [1.165, 1.54) is 0 Å². The molecule has 0 aliphatic carbocycles. The highest BCUT2D eigenvalue weighted by Crippen LogP contribution is 2.35. The van der Waals surface area contributed by atoms with E-state index in [4.69, 9.17) is 14.2 Å². The van der Waals surface area contributed by atoms with E-state index in [0.29, 0.717) is 36.6 Å². The highest BCUT2D eigenvalue weighted by Gasteiger charge is 2.14. The molecule has 0 saturated carbocycles. The van der Waals surface area contributed by atoms with Crippen molar-refractivity contribution in [2.75, 3.05) is 33.6 Å². The van der Waals surface area contributed by atoms with Gasteiger partial charge in [-0.05, 0) is 18.9 Å². The van der Waals surface area contributed by atoms with Gasteiger partial charge < -0.3 is 14.2 Å². The van der Waals surface area contributed by atoms with Crippen molar-refractivity contribution >= 4 is 10.0 Å². The standard InChI is InChI=1S/C14H23NO5S/c1-5-8-21(16,17)15-7-6-11-9-12(18-2)10-13(19-3)14(11)20-4/h9-10,15H,5-8H2,1-4H3. The van der Waals surface area contributed by atoms with Crippen molar-refractivity contribution in [3.63, 3.8) is 0 Å². The predicted molar refractivity (Wildman–Crippen MR) is 81.9 cm³/mol. The summed E-state index contributed by atoms with van der Waals surface area (Å²) in [6.07, 6.45) is 1.07. The maximum Gasteiger partial charge on any atom is 0.211 e. The Hall–Kier alpha value is -1.47. The van der Waals surface area contributed by atoms with Gasteiger partial charge in [0.25, 0.3) is 0 Å². The number of rotatable bonds is 9. The molecule has 0 atom stereocenters. The summed E-state index contributed by atoms with van der Waals surface area (Å²) in [5.41, 5.74) is 0.827.